The summed E-state index contributed by atoms with van der Waals surface area (Å²) < 4.78 is 31.6. The molecule has 0 aliphatic heterocycles. The number of benzene rings is 1. The second kappa shape index (κ2) is 4.35. The predicted molar refractivity (Wildman–Crippen MR) is 60.5 cm³/mol. The molecule has 0 unspecified atom stereocenters. The van der Waals surface area contributed by atoms with Gasteiger partial charge in [-0.25, -0.2) is 8.42 Å². The number of rotatable bonds is 2. The van der Waals surface area contributed by atoms with Crippen LogP contribution in [-0.2, 0) is 16.5 Å². The molecule has 0 spiro atoms. The lowest BCUT2D eigenvalue weighted by Gasteiger charge is -2.18. The van der Waals surface area contributed by atoms with Gasteiger partial charge in [-0.3, -0.25) is 4.99 Å². The maximum atomic E-state index is 10.5. The molecular formula is C11H12NO3S-. The number of aryl methyl sites for hydroxylation is 1. The van der Waals surface area contributed by atoms with E-state index >= 15 is 0 Å². The summed E-state index contributed by atoms with van der Waals surface area (Å²) in [6.07, 6.45) is 2.68. The molecule has 0 saturated heterocycles. The molecule has 1 aromatic rings. The Morgan fingerprint density at radius 1 is 1.25 bits per heavy atom. The van der Waals surface area contributed by atoms with Gasteiger partial charge in [0.15, 0.2) is 0 Å². The highest BCUT2D eigenvalue weighted by atomic mass is 32.2. The summed E-state index contributed by atoms with van der Waals surface area (Å²) in [6.45, 7) is 0. The van der Waals surface area contributed by atoms with E-state index in [2.05, 4.69) is 4.99 Å². The van der Waals surface area contributed by atoms with Gasteiger partial charge in [-0.05, 0) is 30.4 Å². The van der Waals surface area contributed by atoms with E-state index in [1.54, 1.807) is 0 Å². The molecule has 0 radical (unpaired) electrons. The van der Waals surface area contributed by atoms with Crippen LogP contribution in [0, 0.1) is 0 Å². The minimum atomic E-state index is -4.26. The molecule has 86 valence electrons. The van der Waals surface area contributed by atoms with Crippen molar-refractivity contribution >= 4 is 15.8 Å². The van der Waals surface area contributed by atoms with Crippen LogP contribution in [0.4, 0.5) is 0 Å². The Morgan fingerprint density at radius 2 is 2.00 bits per heavy atom. The maximum absolute atomic E-state index is 10.5. The summed E-state index contributed by atoms with van der Waals surface area (Å²) in [5, 5.41) is 0. The van der Waals surface area contributed by atoms with E-state index in [0.29, 0.717) is 0 Å². The fourth-order valence-corrected chi connectivity index (χ4v) is 2.24. The number of nitrogens with zero attached hydrogens (tertiary/aromatic N) is 1. The SMILES string of the molecule is O=S(=O)([O-])CN=C1CCCc2ccccc21. The van der Waals surface area contributed by atoms with Gasteiger partial charge in [-0.1, -0.05) is 24.3 Å². The van der Waals surface area contributed by atoms with Gasteiger partial charge in [0.25, 0.3) is 0 Å². The van der Waals surface area contributed by atoms with E-state index in [-0.39, 0.29) is 0 Å². The van der Waals surface area contributed by atoms with Crippen molar-refractivity contribution in [3.63, 3.8) is 0 Å². The molecule has 0 heterocycles. The molecule has 4 nitrogen and oxygen atoms in total. The van der Waals surface area contributed by atoms with Crippen molar-refractivity contribution in [2.75, 3.05) is 5.88 Å². The molecule has 0 saturated carbocycles. The van der Waals surface area contributed by atoms with Crippen molar-refractivity contribution in [1.82, 2.24) is 0 Å². The molecule has 0 N–H and O–H groups in total. The van der Waals surface area contributed by atoms with Crippen molar-refractivity contribution in [2.24, 2.45) is 4.99 Å². The predicted octanol–water partition coefficient (Wildman–Crippen LogP) is 1.31. The van der Waals surface area contributed by atoms with Gasteiger partial charge in [-0.15, -0.1) is 0 Å². The van der Waals surface area contributed by atoms with Crippen molar-refractivity contribution < 1.29 is 13.0 Å². The molecule has 16 heavy (non-hydrogen) atoms. The van der Waals surface area contributed by atoms with Gasteiger partial charge < -0.3 is 4.55 Å². The van der Waals surface area contributed by atoms with Crippen molar-refractivity contribution in [3.05, 3.63) is 35.4 Å². The van der Waals surface area contributed by atoms with E-state index in [1.165, 1.54) is 5.56 Å². The minimum Gasteiger partial charge on any atom is -0.747 e. The molecular weight excluding hydrogens is 226 g/mol. The molecule has 0 fully saturated rings. The number of hydrogen-bond donors (Lipinski definition) is 0. The Morgan fingerprint density at radius 3 is 2.75 bits per heavy atom. The third kappa shape index (κ3) is 2.68. The highest BCUT2D eigenvalue weighted by Gasteiger charge is 2.14. The quantitative estimate of drug-likeness (QED) is 0.729. The van der Waals surface area contributed by atoms with E-state index in [1.807, 2.05) is 24.3 Å². The monoisotopic (exact) mass is 238 g/mol. The van der Waals surface area contributed by atoms with Gasteiger partial charge >= 0.3 is 0 Å². The van der Waals surface area contributed by atoms with Gasteiger partial charge in [0, 0.05) is 5.71 Å². The Kier molecular flexibility index (Phi) is 3.07. The zero-order chi connectivity index (χ0) is 11.6. The normalized spacial score (nSPS) is 18.4. The Bertz CT molecular complexity index is 520. The van der Waals surface area contributed by atoms with E-state index in [0.717, 1.165) is 30.5 Å². The average Bonchev–Trinajstić information content (AvgIpc) is 2.25. The molecule has 5 heteroatoms. The second-order valence-corrected chi connectivity index (χ2v) is 5.18. The van der Waals surface area contributed by atoms with Crippen LogP contribution in [0.3, 0.4) is 0 Å². The second-order valence-electron chi connectivity index (χ2n) is 3.80. The van der Waals surface area contributed by atoms with Gasteiger partial charge in [0.2, 0.25) is 0 Å². The van der Waals surface area contributed by atoms with Crippen LogP contribution in [0.25, 0.3) is 0 Å². The summed E-state index contributed by atoms with van der Waals surface area (Å²) in [4.78, 5) is 3.91. The molecule has 0 aromatic heterocycles. The van der Waals surface area contributed by atoms with Gasteiger partial charge in [0.1, 0.15) is 16.0 Å². The minimum absolute atomic E-state index is 0.656. The van der Waals surface area contributed by atoms with Crippen molar-refractivity contribution in [1.29, 1.82) is 0 Å². The van der Waals surface area contributed by atoms with Crippen LogP contribution in [0.1, 0.15) is 24.0 Å². The van der Waals surface area contributed by atoms with Crippen LogP contribution in [0.5, 0.6) is 0 Å². The Balaban J connectivity index is 2.32. The van der Waals surface area contributed by atoms with Crippen LogP contribution >= 0.6 is 0 Å². The zero-order valence-corrected chi connectivity index (χ0v) is 9.53. The lowest BCUT2D eigenvalue weighted by molar-refractivity contribution is 0.463. The summed E-state index contributed by atoms with van der Waals surface area (Å²) in [5.41, 5.74) is 2.90. The molecule has 1 aliphatic carbocycles. The van der Waals surface area contributed by atoms with E-state index < -0.39 is 16.0 Å². The van der Waals surface area contributed by atoms with Crippen LogP contribution in [-0.4, -0.2) is 24.6 Å². The average molecular weight is 238 g/mol. The zero-order valence-electron chi connectivity index (χ0n) is 8.72. The smallest absolute Gasteiger partial charge is 0.129 e. The van der Waals surface area contributed by atoms with Crippen molar-refractivity contribution in [3.8, 4) is 0 Å². The van der Waals surface area contributed by atoms with Crippen molar-refractivity contribution in [2.45, 2.75) is 19.3 Å². The van der Waals surface area contributed by atoms with E-state index in [4.69, 9.17) is 0 Å². The molecule has 2 rings (SSSR count). The third-order valence-electron chi connectivity index (χ3n) is 2.60. The number of hydrogen-bond acceptors (Lipinski definition) is 4. The highest BCUT2D eigenvalue weighted by molar-refractivity contribution is 7.85. The first-order valence-electron chi connectivity index (χ1n) is 5.11. The lowest BCUT2D eigenvalue weighted by atomic mass is 9.90. The van der Waals surface area contributed by atoms with Crippen LogP contribution in [0.15, 0.2) is 29.3 Å². The topological polar surface area (TPSA) is 69.6 Å². The van der Waals surface area contributed by atoms with Gasteiger partial charge in [-0.2, -0.15) is 0 Å². The van der Waals surface area contributed by atoms with E-state index in [9.17, 15) is 13.0 Å². The maximum Gasteiger partial charge on any atom is 0.129 e. The Hall–Kier alpha value is -1.20. The molecule has 0 atom stereocenters. The first-order chi connectivity index (χ1) is 7.56. The number of fused-ring (bicyclic) bond motifs is 1. The summed E-state index contributed by atoms with van der Waals surface area (Å²) in [6, 6.07) is 7.78. The molecule has 1 aromatic carbocycles. The Labute approximate surface area is 94.8 Å². The standard InChI is InChI=1S/C11H13NO3S/c13-16(14,15)8-12-11-7-3-5-9-4-1-2-6-10(9)11/h1-2,4,6H,3,5,7-8H2,(H,13,14,15)/p-1. The van der Waals surface area contributed by atoms with Crippen LogP contribution < -0.4 is 0 Å². The lowest BCUT2D eigenvalue weighted by Crippen LogP contribution is -2.14. The summed E-state index contributed by atoms with van der Waals surface area (Å²) in [5.74, 6) is -0.656. The molecule has 0 amide bonds. The van der Waals surface area contributed by atoms with Crippen LogP contribution in [0.2, 0.25) is 0 Å². The fraction of sp³-hybridized carbons (Fsp3) is 0.364. The first kappa shape index (κ1) is 11.3. The molecule has 0 bridgehead atoms. The highest BCUT2D eigenvalue weighted by Crippen LogP contribution is 2.21. The number of aliphatic imine (C=N–C) groups is 1. The molecule has 1 aliphatic rings. The first-order valence-corrected chi connectivity index (χ1v) is 6.69. The third-order valence-corrected chi connectivity index (χ3v) is 3.05. The summed E-state index contributed by atoms with van der Waals surface area (Å²) in [7, 11) is -4.26. The largest absolute Gasteiger partial charge is 0.747 e. The fourth-order valence-electron chi connectivity index (χ4n) is 1.92. The summed E-state index contributed by atoms with van der Waals surface area (Å²) >= 11 is 0. The van der Waals surface area contributed by atoms with Gasteiger partial charge in [0.05, 0.1) is 0 Å².